The molecule has 0 bridgehead atoms. The van der Waals surface area contributed by atoms with Crippen LogP contribution in [0.5, 0.6) is 5.75 Å². The highest BCUT2D eigenvalue weighted by Gasteiger charge is 2.19. The second-order valence-corrected chi connectivity index (χ2v) is 5.42. The number of hydrogen-bond donors (Lipinski definition) is 3. The number of ether oxygens (including phenoxy) is 1. The normalized spacial score (nSPS) is 13.7. The Balaban J connectivity index is 2.30. The highest BCUT2D eigenvalue weighted by atomic mass is 35.5. The number of rotatable bonds is 7. The van der Waals surface area contributed by atoms with Crippen LogP contribution in [-0.2, 0) is 4.79 Å². The molecule has 0 heterocycles. The fourth-order valence-electron chi connectivity index (χ4n) is 1.26. The zero-order chi connectivity index (χ0) is 15.2. The maximum absolute atomic E-state index is 11.5. The summed E-state index contributed by atoms with van der Waals surface area (Å²) in [5.41, 5.74) is -1.32. The van der Waals surface area contributed by atoms with Crippen LogP contribution in [0.15, 0.2) is 18.2 Å². The fraction of sp³-hybridized carbons (Fsp3) is 0.462. The van der Waals surface area contributed by atoms with Gasteiger partial charge < -0.3 is 20.3 Å². The molecular weight excluding hydrogens is 305 g/mol. The summed E-state index contributed by atoms with van der Waals surface area (Å²) in [4.78, 5) is 11.5. The largest absolute Gasteiger partial charge is 0.493 e. The van der Waals surface area contributed by atoms with Crippen molar-refractivity contribution in [2.75, 3.05) is 19.8 Å². The minimum atomic E-state index is -1.32. The number of nitrogens with one attached hydrogen (secondary N) is 1. The first-order valence-electron chi connectivity index (χ1n) is 6.02. The summed E-state index contributed by atoms with van der Waals surface area (Å²) >= 11 is 11.6. The maximum Gasteiger partial charge on any atom is 0.223 e. The number of carbonyl (C=O) groups is 1. The molecule has 5 nitrogen and oxygen atoms in total. The van der Waals surface area contributed by atoms with Gasteiger partial charge in [0.15, 0.2) is 0 Å². The summed E-state index contributed by atoms with van der Waals surface area (Å²) in [6.45, 7) is 1.16. The zero-order valence-corrected chi connectivity index (χ0v) is 12.5. The van der Waals surface area contributed by atoms with E-state index in [1.54, 1.807) is 18.2 Å². The molecule has 1 aromatic carbocycles. The van der Waals surface area contributed by atoms with E-state index in [-0.39, 0.29) is 25.5 Å². The first kappa shape index (κ1) is 17.0. The Morgan fingerprint density at radius 1 is 1.40 bits per heavy atom. The summed E-state index contributed by atoms with van der Waals surface area (Å²) in [5, 5.41) is 21.7. The van der Waals surface area contributed by atoms with Crippen LogP contribution >= 0.6 is 23.2 Å². The highest BCUT2D eigenvalue weighted by Crippen LogP contribution is 2.26. The van der Waals surface area contributed by atoms with Gasteiger partial charge in [-0.25, -0.2) is 0 Å². The van der Waals surface area contributed by atoms with Gasteiger partial charge in [0, 0.05) is 12.6 Å². The molecule has 0 fully saturated rings. The van der Waals surface area contributed by atoms with Gasteiger partial charge in [-0.3, -0.25) is 4.79 Å². The standard InChI is InChI=1S/C13H17Cl2NO4/c1-13(19,8-17)7-16-12(18)4-5-20-9-2-3-10(14)11(15)6-9/h2-3,6,17,19H,4-5,7-8H2,1H3,(H,16,18). The number of aliphatic hydroxyl groups excluding tert-OH is 1. The van der Waals surface area contributed by atoms with Crippen molar-refractivity contribution in [1.82, 2.24) is 5.32 Å². The van der Waals surface area contributed by atoms with Gasteiger partial charge in [-0.2, -0.15) is 0 Å². The lowest BCUT2D eigenvalue weighted by molar-refractivity contribution is -0.123. The second-order valence-electron chi connectivity index (χ2n) is 4.61. The van der Waals surface area contributed by atoms with Crippen molar-refractivity contribution in [3.05, 3.63) is 28.2 Å². The smallest absolute Gasteiger partial charge is 0.223 e. The molecule has 0 aliphatic rings. The third-order valence-corrected chi connectivity index (χ3v) is 3.23. The van der Waals surface area contributed by atoms with Crippen molar-refractivity contribution in [3.8, 4) is 5.75 Å². The fourth-order valence-corrected chi connectivity index (χ4v) is 1.55. The number of halogens is 2. The van der Waals surface area contributed by atoms with Gasteiger partial charge in [0.2, 0.25) is 5.91 Å². The molecule has 20 heavy (non-hydrogen) atoms. The molecule has 0 aliphatic heterocycles. The quantitative estimate of drug-likeness (QED) is 0.713. The van der Waals surface area contributed by atoms with Crippen LogP contribution in [0.2, 0.25) is 10.0 Å². The number of hydrogen-bond acceptors (Lipinski definition) is 4. The summed E-state index contributed by atoms with van der Waals surface area (Å²) in [7, 11) is 0. The molecular formula is C13H17Cl2NO4. The van der Waals surface area contributed by atoms with Crippen molar-refractivity contribution < 1.29 is 19.7 Å². The summed E-state index contributed by atoms with van der Waals surface area (Å²) in [6.07, 6.45) is 0.127. The Morgan fingerprint density at radius 2 is 2.10 bits per heavy atom. The topological polar surface area (TPSA) is 78.8 Å². The van der Waals surface area contributed by atoms with E-state index in [0.29, 0.717) is 15.8 Å². The van der Waals surface area contributed by atoms with E-state index in [4.69, 9.17) is 33.0 Å². The Labute approximate surface area is 127 Å². The molecule has 0 saturated carbocycles. The predicted molar refractivity (Wildman–Crippen MR) is 77.3 cm³/mol. The molecule has 112 valence electrons. The maximum atomic E-state index is 11.5. The molecule has 7 heteroatoms. The van der Waals surface area contributed by atoms with Crippen LogP contribution < -0.4 is 10.1 Å². The van der Waals surface area contributed by atoms with E-state index in [0.717, 1.165) is 0 Å². The SMILES string of the molecule is CC(O)(CO)CNC(=O)CCOc1ccc(Cl)c(Cl)c1. The third-order valence-electron chi connectivity index (χ3n) is 2.50. The van der Waals surface area contributed by atoms with E-state index in [1.165, 1.54) is 6.92 Å². The number of aliphatic hydroxyl groups is 2. The monoisotopic (exact) mass is 321 g/mol. The van der Waals surface area contributed by atoms with E-state index in [9.17, 15) is 9.90 Å². The molecule has 1 rings (SSSR count). The van der Waals surface area contributed by atoms with Crippen LogP contribution in [0.1, 0.15) is 13.3 Å². The Hall–Kier alpha value is -1.01. The van der Waals surface area contributed by atoms with Gasteiger partial charge in [-0.05, 0) is 19.1 Å². The van der Waals surface area contributed by atoms with Crippen molar-refractivity contribution >= 4 is 29.1 Å². The van der Waals surface area contributed by atoms with Gasteiger partial charge >= 0.3 is 0 Å². The first-order chi connectivity index (χ1) is 9.34. The van der Waals surface area contributed by atoms with Crippen molar-refractivity contribution in [2.45, 2.75) is 18.9 Å². The molecule has 0 aromatic heterocycles. The van der Waals surface area contributed by atoms with Crippen LogP contribution in [0.3, 0.4) is 0 Å². The van der Waals surface area contributed by atoms with Gasteiger partial charge in [0.05, 0.1) is 29.7 Å². The van der Waals surface area contributed by atoms with Gasteiger partial charge in [-0.15, -0.1) is 0 Å². The average Bonchev–Trinajstić information content (AvgIpc) is 2.41. The Kier molecular flexibility index (Phi) is 6.55. The molecule has 1 unspecified atom stereocenters. The lowest BCUT2D eigenvalue weighted by Crippen LogP contribution is -2.43. The van der Waals surface area contributed by atoms with Gasteiger partial charge in [0.25, 0.3) is 0 Å². The molecule has 0 aliphatic carbocycles. The van der Waals surface area contributed by atoms with Crippen LogP contribution in [0.25, 0.3) is 0 Å². The molecule has 3 N–H and O–H groups in total. The minimum Gasteiger partial charge on any atom is -0.493 e. The molecule has 1 atom stereocenters. The van der Waals surface area contributed by atoms with Crippen LogP contribution in [-0.4, -0.2) is 41.5 Å². The molecule has 0 radical (unpaired) electrons. The van der Waals surface area contributed by atoms with Crippen molar-refractivity contribution in [2.24, 2.45) is 0 Å². The van der Waals surface area contributed by atoms with Crippen LogP contribution in [0, 0.1) is 0 Å². The number of carbonyl (C=O) groups excluding carboxylic acids is 1. The Bertz CT molecular complexity index is 466. The molecule has 0 spiro atoms. The van der Waals surface area contributed by atoms with Gasteiger partial charge in [0.1, 0.15) is 11.4 Å². The zero-order valence-electron chi connectivity index (χ0n) is 11.0. The Morgan fingerprint density at radius 3 is 2.70 bits per heavy atom. The predicted octanol–water partition coefficient (Wildman–Crippen LogP) is 1.62. The lowest BCUT2D eigenvalue weighted by Gasteiger charge is -2.20. The first-order valence-corrected chi connectivity index (χ1v) is 6.77. The summed E-state index contributed by atoms with van der Waals surface area (Å²) in [5.74, 6) is 0.244. The van der Waals surface area contributed by atoms with E-state index in [1.807, 2.05) is 0 Å². The third kappa shape index (κ3) is 5.96. The summed E-state index contributed by atoms with van der Waals surface area (Å²) < 4.78 is 5.35. The molecule has 0 saturated heterocycles. The van der Waals surface area contributed by atoms with E-state index < -0.39 is 12.2 Å². The van der Waals surface area contributed by atoms with E-state index >= 15 is 0 Å². The van der Waals surface area contributed by atoms with Gasteiger partial charge in [-0.1, -0.05) is 23.2 Å². The summed E-state index contributed by atoms with van der Waals surface area (Å²) in [6, 6.07) is 4.83. The molecule has 1 amide bonds. The second kappa shape index (κ2) is 7.69. The highest BCUT2D eigenvalue weighted by molar-refractivity contribution is 6.42. The molecule has 1 aromatic rings. The minimum absolute atomic E-state index is 0.0187. The lowest BCUT2D eigenvalue weighted by atomic mass is 10.1. The average molecular weight is 322 g/mol. The van der Waals surface area contributed by atoms with E-state index in [2.05, 4.69) is 5.32 Å². The van der Waals surface area contributed by atoms with Crippen LogP contribution in [0.4, 0.5) is 0 Å². The van der Waals surface area contributed by atoms with Crippen molar-refractivity contribution in [3.63, 3.8) is 0 Å². The van der Waals surface area contributed by atoms with Crippen molar-refractivity contribution in [1.29, 1.82) is 0 Å². The number of benzene rings is 1. The number of amides is 1.